The lowest BCUT2D eigenvalue weighted by Gasteiger charge is -2.31. The van der Waals surface area contributed by atoms with Crippen LogP contribution in [-0.2, 0) is 0 Å². The van der Waals surface area contributed by atoms with Gasteiger partial charge in [-0.3, -0.25) is 0 Å². The van der Waals surface area contributed by atoms with E-state index in [0.717, 1.165) is 5.69 Å². The van der Waals surface area contributed by atoms with Crippen molar-refractivity contribution >= 4 is 17.4 Å². The lowest BCUT2D eigenvalue weighted by Crippen LogP contribution is -2.34. The fourth-order valence-corrected chi connectivity index (χ4v) is 3.24. The third-order valence-electron chi connectivity index (χ3n) is 3.24. The Hall–Kier alpha value is -1.21. The van der Waals surface area contributed by atoms with Crippen LogP contribution >= 0.6 is 11.8 Å². The largest absolute Gasteiger partial charge is 0.380 e. The van der Waals surface area contributed by atoms with E-state index in [2.05, 4.69) is 16.6 Å². The molecule has 3 nitrogen and oxygen atoms in total. The summed E-state index contributed by atoms with van der Waals surface area (Å²) in [4.78, 5) is 4.08. The van der Waals surface area contributed by atoms with E-state index in [9.17, 15) is 0 Å². The molecule has 1 heterocycles. The van der Waals surface area contributed by atoms with E-state index in [-0.39, 0.29) is 0 Å². The van der Waals surface area contributed by atoms with Gasteiger partial charge in [-0.05, 0) is 31.2 Å². The number of rotatable bonds is 3. The van der Waals surface area contributed by atoms with Crippen LogP contribution in [0.25, 0.3) is 0 Å². The third-order valence-corrected chi connectivity index (χ3v) is 4.41. The van der Waals surface area contributed by atoms with Gasteiger partial charge in [0.25, 0.3) is 0 Å². The molecule has 4 heteroatoms. The molecule has 1 aliphatic rings. The predicted octanol–water partition coefficient (Wildman–Crippen LogP) is 3.04. The maximum absolute atomic E-state index is 8.69. The molecule has 2 unspecified atom stereocenters. The van der Waals surface area contributed by atoms with Gasteiger partial charge in [0.05, 0.1) is 11.9 Å². The molecular weight excluding hydrogens is 230 g/mol. The van der Waals surface area contributed by atoms with Gasteiger partial charge >= 0.3 is 0 Å². The van der Waals surface area contributed by atoms with Crippen molar-refractivity contribution < 1.29 is 0 Å². The number of hydrogen-bond donors (Lipinski definition) is 1. The van der Waals surface area contributed by atoms with Crippen molar-refractivity contribution in [2.24, 2.45) is 0 Å². The van der Waals surface area contributed by atoms with Gasteiger partial charge in [0.1, 0.15) is 11.8 Å². The summed E-state index contributed by atoms with van der Waals surface area (Å²) in [6.07, 6.45) is 9.11. The lowest BCUT2D eigenvalue weighted by molar-refractivity contribution is 0.475. The second kappa shape index (κ2) is 5.92. The summed E-state index contributed by atoms with van der Waals surface area (Å²) < 4.78 is 0. The molecule has 0 aromatic carbocycles. The Balaban J connectivity index is 2.01. The minimum absolute atomic E-state index is 0.473. The van der Waals surface area contributed by atoms with Crippen LogP contribution in [0, 0.1) is 11.3 Å². The van der Waals surface area contributed by atoms with Crippen molar-refractivity contribution in [2.75, 3.05) is 11.6 Å². The average molecular weight is 247 g/mol. The molecule has 17 heavy (non-hydrogen) atoms. The first kappa shape index (κ1) is 12.3. The van der Waals surface area contributed by atoms with Gasteiger partial charge in [0, 0.05) is 11.3 Å². The molecule has 1 aromatic rings. The lowest BCUT2D eigenvalue weighted by atomic mass is 9.94. The Morgan fingerprint density at radius 3 is 2.88 bits per heavy atom. The maximum Gasteiger partial charge on any atom is 0.140 e. The quantitative estimate of drug-likeness (QED) is 0.892. The third kappa shape index (κ3) is 3.13. The highest BCUT2D eigenvalue weighted by Crippen LogP contribution is 2.29. The fraction of sp³-hybridized carbons (Fsp3) is 0.538. The summed E-state index contributed by atoms with van der Waals surface area (Å²) in [6, 6.07) is 6.28. The van der Waals surface area contributed by atoms with Crippen LogP contribution in [0.3, 0.4) is 0 Å². The molecule has 2 rings (SSSR count). The SMILES string of the molecule is CSC1CCCCC1Nc1ccc(C#N)nc1. The minimum Gasteiger partial charge on any atom is -0.380 e. The normalized spacial score (nSPS) is 24.0. The Morgan fingerprint density at radius 1 is 1.41 bits per heavy atom. The molecule has 1 fully saturated rings. The smallest absolute Gasteiger partial charge is 0.140 e. The van der Waals surface area contributed by atoms with Crippen LogP contribution in [0.5, 0.6) is 0 Å². The van der Waals surface area contributed by atoms with E-state index in [0.29, 0.717) is 17.0 Å². The van der Waals surface area contributed by atoms with Gasteiger partial charge in [-0.2, -0.15) is 17.0 Å². The zero-order chi connectivity index (χ0) is 12.1. The summed E-state index contributed by atoms with van der Waals surface area (Å²) >= 11 is 1.95. The number of nitriles is 1. The molecule has 0 spiro atoms. The van der Waals surface area contributed by atoms with E-state index in [1.807, 2.05) is 23.9 Å². The average Bonchev–Trinajstić information content (AvgIpc) is 2.40. The number of anilines is 1. The first-order valence-electron chi connectivity index (χ1n) is 5.99. The van der Waals surface area contributed by atoms with E-state index in [1.165, 1.54) is 25.7 Å². The van der Waals surface area contributed by atoms with Gasteiger partial charge < -0.3 is 5.32 Å². The Morgan fingerprint density at radius 2 is 2.24 bits per heavy atom. The standard InChI is InChI=1S/C13H17N3S/c1-17-13-5-3-2-4-12(13)16-11-7-6-10(8-14)15-9-11/h6-7,9,12-13,16H,2-5H2,1H3. The first-order chi connectivity index (χ1) is 8.33. The summed E-state index contributed by atoms with van der Waals surface area (Å²) in [6.45, 7) is 0. The van der Waals surface area contributed by atoms with Crippen molar-refractivity contribution in [3.8, 4) is 6.07 Å². The van der Waals surface area contributed by atoms with Gasteiger partial charge in [-0.1, -0.05) is 12.8 Å². The molecule has 0 aliphatic heterocycles. The van der Waals surface area contributed by atoms with Crippen LogP contribution in [0.15, 0.2) is 18.3 Å². The summed E-state index contributed by atoms with van der Waals surface area (Å²) in [5.74, 6) is 0. The molecule has 1 saturated carbocycles. The van der Waals surface area contributed by atoms with E-state index < -0.39 is 0 Å². The Labute approximate surface area is 107 Å². The zero-order valence-corrected chi connectivity index (χ0v) is 10.8. The molecule has 1 aliphatic carbocycles. The van der Waals surface area contributed by atoms with Crippen molar-refractivity contribution in [1.82, 2.24) is 4.98 Å². The topological polar surface area (TPSA) is 48.7 Å². The summed E-state index contributed by atoms with van der Waals surface area (Å²) in [7, 11) is 0. The van der Waals surface area contributed by atoms with Gasteiger partial charge in [-0.25, -0.2) is 4.98 Å². The Bertz CT molecular complexity index is 396. The van der Waals surface area contributed by atoms with E-state index in [4.69, 9.17) is 5.26 Å². The number of nitrogens with zero attached hydrogens (tertiary/aromatic N) is 2. The van der Waals surface area contributed by atoms with Crippen LogP contribution in [0.1, 0.15) is 31.4 Å². The molecule has 0 amide bonds. The summed E-state index contributed by atoms with van der Waals surface area (Å²) in [5, 5.41) is 12.9. The molecule has 0 radical (unpaired) electrons. The molecule has 1 aromatic heterocycles. The highest BCUT2D eigenvalue weighted by Gasteiger charge is 2.23. The second-order valence-electron chi connectivity index (χ2n) is 4.35. The fourth-order valence-electron chi connectivity index (χ4n) is 2.30. The predicted molar refractivity (Wildman–Crippen MR) is 72.1 cm³/mol. The van der Waals surface area contributed by atoms with E-state index in [1.54, 1.807) is 12.3 Å². The molecule has 2 atom stereocenters. The van der Waals surface area contributed by atoms with Crippen molar-refractivity contribution in [3.63, 3.8) is 0 Å². The number of pyridine rings is 1. The van der Waals surface area contributed by atoms with E-state index >= 15 is 0 Å². The molecule has 1 N–H and O–H groups in total. The van der Waals surface area contributed by atoms with Crippen molar-refractivity contribution in [2.45, 2.75) is 37.0 Å². The molecular formula is C13H17N3S. The van der Waals surface area contributed by atoms with Crippen LogP contribution in [0.2, 0.25) is 0 Å². The van der Waals surface area contributed by atoms with Crippen LogP contribution in [0.4, 0.5) is 5.69 Å². The maximum atomic E-state index is 8.69. The van der Waals surface area contributed by atoms with Gasteiger partial charge in [-0.15, -0.1) is 0 Å². The summed E-state index contributed by atoms with van der Waals surface area (Å²) in [5.41, 5.74) is 1.50. The highest BCUT2D eigenvalue weighted by molar-refractivity contribution is 7.99. The zero-order valence-electron chi connectivity index (χ0n) is 10.0. The second-order valence-corrected chi connectivity index (χ2v) is 5.43. The van der Waals surface area contributed by atoms with Crippen molar-refractivity contribution in [3.05, 3.63) is 24.0 Å². The molecule has 0 saturated heterocycles. The number of thioether (sulfide) groups is 1. The Kier molecular flexibility index (Phi) is 4.27. The van der Waals surface area contributed by atoms with Crippen molar-refractivity contribution in [1.29, 1.82) is 5.26 Å². The first-order valence-corrected chi connectivity index (χ1v) is 7.28. The monoisotopic (exact) mass is 247 g/mol. The number of aromatic nitrogens is 1. The van der Waals surface area contributed by atoms with Crippen LogP contribution < -0.4 is 5.32 Å². The molecule has 0 bridgehead atoms. The highest BCUT2D eigenvalue weighted by atomic mass is 32.2. The van der Waals surface area contributed by atoms with Gasteiger partial charge in [0.15, 0.2) is 0 Å². The van der Waals surface area contributed by atoms with Gasteiger partial charge in [0.2, 0.25) is 0 Å². The number of nitrogens with one attached hydrogen (secondary N) is 1. The van der Waals surface area contributed by atoms with Crippen LogP contribution in [-0.4, -0.2) is 22.5 Å². The minimum atomic E-state index is 0.473. The number of hydrogen-bond acceptors (Lipinski definition) is 4. The molecule has 90 valence electrons.